The number of hydrogen-bond donors (Lipinski definition) is 2. The molecule has 0 aliphatic carbocycles. The first-order valence-electron chi connectivity index (χ1n) is 7.29. The van der Waals surface area contributed by atoms with E-state index in [1.54, 1.807) is 19.1 Å². The van der Waals surface area contributed by atoms with Crippen molar-refractivity contribution in [1.82, 2.24) is 10.6 Å². The summed E-state index contributed by atoms with van der Waals surface area (Å²) in [7, 11) is 1.43. The predicted octanol–water partition coefficient (Wildman–Crippen LogP) is 0.386. The van der Waals surface area contributed by atoms with Crippen molar-refractivity contribution in [2.75, 3.05) is 20.3 Å². The summed E-state index contributed by atoms with van der Waals surface area (Å²) < 4.78 is 15.3. The van der Waals surface area contributed by atoms with Gasteiger partial charge in [-0.25, -0.2) is 9.59 Å². The van der Waals surface area contributed by atoms with Crippen LogP contribution in [0.4, 0.5) is 4.79 Å². The molecular weight excluding hydrogens is 332 g/mol. The van der Waals surface area contributed by atoms with Gasteiger partial charge in [0.1, 0.15) is 5.57 Å². The van der Waals surface area contributed by atoms with Crippen LogP contribution in [0.1, 0.15) is 12.5 Å². The number of imide groups is 2. The van der Waals surface area contributed by atoms with E-state index >= 15 is 0 Å². The Morgan fingerprint density at radius 3 is 2.40 bits per heavy atom. The number of carbonyl (C=O) groups excluding carboxylic acids is 4. The van der Waals surface area contributed by atoms with Crippen LogP contribution >= 0.6 is 0 Å². The average Bonchev–Trinajstić information content (AvgIpc) is 2.56. The smallest absolute Gasteiger partial charge is 0.344 e. The van der Waals surface area contributed by atoms with Crippen molar-refractivity contribution in [3.8, 4) is 11.5 Å². The molecule has 9 nitrogen and oxygen atoms in total. The van der Waals surface area contributed by atoms with Gasteiger partial charge in [0.2, 0.25) is 0 Å². The number of benzene rings is 1. The molecule has 0 saturated carbocycles. The summed E-state index contributed by atoms with van der Waals surface area (Å²) in [5, 5.41) is 3.95. The van der Waals surface area contributed by atoms with E-state index in [-0.39, 0.29) is 24.5 Å². The van der Waals surface area contributed by atoms with Gasteiger partial charge in [-0.3, -0.25) is 20.2 Å². The highest BCUT2D eigenvalue weighted by molar-refractivity contribution is 6.31. The zero-order chi connectivity index (χ0) is 18.4. The molecule has 1 aliphatic heterocycles. The molecule has 1 fully saturated rings. The summed E-state index contributed by atoms with van der Waals surface area (Å²) in [6, 6.07) is 3.75. The minimum absolute atomic E-state index is 0.231. The van der Waals surface area contributed by atoms with Crippen LogP contribution in [-0.2, 0) is 19.1 Å². The van der Waals surface area contributed by atoms with Gasteiger partial charge in [0.15, 0.2) is 18.1 Å². The standard InChI is InChI=1S/C16H16N2O7/c1-3-24-13(19)8-25-12-7-9(4-5-11(12)23-2)6-10-14(20)17-16(22)18-15(10)21/h4-7H,3,8H2,1-2H3,(H2,17,18,20,21,22). The molecule has 9 heteroatoms. The van der Waals surface area contributed by atoms with Crippen LogP contribution in [0.15, 0.2) is 23.8 Å². The molecule has 2 N–H and O–H groups in total. The highest BCUT2D eigenvalue weighted by atomic mass is 16.6. The van der Waals surface area contributed by atoms with E-state index in [4.69, 9.17) is 14.2 Å². The number of urea groups is 1. The second-order valence-corrected chi connectivity index (χ2v) is 4.80. The van der Waals surface area contributed by atoms with Gasteiger partial charge in [-0.1, -0.05) is 6.07 Å². The van der Waals surface area contributed by atoms with Crippen molar-refractivity contribution in [3.63, 3.8) is 0 Å². The van der Waals surface area contributed by atoms with E-state index in [0.717, 1.165) is 0 Å². The van der Waals surface area contributed by atoms with E-state index in [9.17, 15) is 19.2 Å². The minimum Gasteiger partial charge on any atom is -0.493 e. The lowest BCUT2D eigenvalue weighted by Crippen LogP contribution is -2.51. The zero-order valence-electron chi connectivity index (χ0n) is 13.6. The summed E-state index contributed by atoms with van der Waals surface area (Å²) in [5.41, 5.74) is 0.204. The van der Waals surface area contributed by atoms with Gasteiger partial charge in [-0.05, 0) is 30.7 Å². The van der Waals surface area contributed by atoms with Crippen molar-refractivity contribution < 1.29 is 33.4 Å². The summed E-state index contributed by atoms with van der Waals surface area (Å²) >= 11 is 0. The van der Waals surface area contributed by atoms with Crippen LogP contribution < -0.4 is 20.1 Å². The number of nitrogens with one attached hydrogen (secondary N) is 2. The Kier molecular flexibility index (Phi) is 5.72. The second-order valence-electron chi connectivity index (χ2n) is 4.80. The molecule has 25 heavy (non-hydrogen) atoms. The number of esters is 1. The summed E-state index contributed by atoms with van der Waals surface area (Å²) in [6.07, 6.45) is 1.29. The number of barbiturate groups is 1. The highest BCUT2D eigenvalue weighted by Crippen LogP contribution is 2.29. The molecule has 2 rings (SSSR count). The summed E-state index contributed by atoms with van der Waals surface area (Å²) in [4.78, 5) is 45.9. The van der Waals surface area contributed by atoms with Gasteiger partial charge < -0.3 is 14.2 Å². The van der Waals surface area contributed by atoms with Gasteiger partial charge in [0.05, 0.1) is 13.7 Å². The molecule has 0 bridgehead atoms. The maximum absolute atomic E-state index is 11.7. The maximum Gasteiger partial charge on any atom is 0.344 e. The number of carbonyl (C=O) groups is 4. The third-order valence-corrected chi connectivity index (χ3v) is 3.09. The van der Waals surface area contributed by atoms with Gasteiger partial charge in [-0.15, -0.1) is 0 Å². The topological polar surface area (TPSA) is 120 Å². The molecule has 1 aromatic rings. The minimum atomic E-state index is -0.875. The fourth-order valence-electron chi connectivity index (χ4n) is 2.01. The van der Waals surface area contributed by atoms with Crippen molar-refractivity contribution in [1.29, 1.82) is 0 Å². The van der Waals surface area contributed by atoms with Crippen molar-refractivity contribution in [2.45, 2.75) is 6.92 Å². The Hall–Kier alpha value is -3.36. The number of amides is 4. The molecule has 1 aliphatic rings. The van der Waals surface area contributed by atoms with Gasteiger partial charge in [0.25, 0.3) is 11.8 Å². The first-order chi connectivity index (χ1) is 11.9. The quantitative estimate of drug-likeness (QED) is 0.433. The lowest BCUT2D eigenvalue weighted by atomic mass is 10.1. The van der Waals surface area contributed by atoms with Gasteiger partial charge in [-0.2, -0.15) is 0 Å². The monoisotopic (exact) mass is 348 g/mol. The zero-order valence-corrected chi connectivity index (χ0v) is 13.6. The highest BCUT2D eigenvalue weighted by Gasteiger charge is 2.27. The molecule has 0 unspecified atom stereocenters. The van der Waals surface area contributed by atoms with Crippen LogP contribution in [-0.4, -0.2) is 44.1 Å². The third kappa shape index (κ3) is 4.56. The average molecular weight is 348 g/mol. The Bertz CT molecular complexity index is 733. The second kappa shape index (κ2) is 7.95. The Morgan fingerprint density at radius 2 is 1.80 bits per heavy atom. The van der Waals surface area contributed by atoms with Crippen molar-refractivity contribution in [3.05, 3.63) is 29.3 Å². The van der Waals surface area contributed by atoms with E-state index < -0.39 is 23.8 Å². The van der Waals surface area contributed by atoms with Crippen LogP contribution in [0.5, 0.6) is 11.5 Å². The Morgan fingerprint density at radius 1 is 1.12 bits per heavy atom. The number of hydrogen-bond acceptors (Lipinski definition) is 7. The molecule has 1 heterocycles. The number of rotatable bonds is 6. The van der Waals surface area contributed by atoms with Crippen LogP contribution in [0.3, 0.4) is 0 Å². The molecule has 0 spiro atoms. The predicted molar refractivity (Wildman–Crippen MR) is 84.8 cm³/mol. The van der Waals surface area contributed by atoms with E-state index in [0.29, 0.717) is 11.3 Å². The van der Waals surface area contributed by atoms with Crippen molar-refractivity contribution in [2.24, 2.45) is 0 Å². The first kappa shape index (κ1) is 18.0. The summed E-state index contributed by atoms with van der Waals surface area (Å²) in [6.45, 7) is 1.59. The lowest BCUT2D eigenvalue weighted by molar-refractivity contribution is -0.145. The molecule has 0 atom stereocenters. The fraction of sp³-hybridized carbons (Fsp3) is 0.250. The van der Waals surface area contributed by atoms with Gasteiger partial charge in [0, 0.05) is 0 Å². The Balaban J connectivity index is 2.24. The normalized spacial score (nSPS) is 13.7. The number of ether oxygens (including phenoxy) is 3. The molecule has 0 radical (unpaired) electrons. The fourth-order valence-corrected chi connectivity index (χ4v) is 2.01. The molecular formula is C16H16N2O7. The van der Waals surface area contributed by atoms with E-state index in [1.165, 1.54) is 19.3 Å². The molecule has 1 saturated heterocycles. The van der Waals surface area contributed by atoms with E-state index in [1.807, 2.05) is 10.6 Å². The third-order valence-electron chi connectivity index (χ3n) is 3.09. The lowest BCUT2D eigenvalue weighted by Gasteiger charge is -2.14. The first-order valence-corrected chi connectivity index (χ1v) is 7.29. The molecule has 0 aromatic heterocycles. The van der Waals surface area contributed by atoms with E-state index in [2.05, 4.69) is 0 Å². The maximum atomic E-state index is 11.7. The van der Waals surface area contributed by atoms with Crippen LogP contribution in [0.2, 0.25) is 0 Å². The van der Waals surface area contributed by atoms with Gasteiger partial charge >= 0.3 is 12.0 Å². The number of methoxy groups -OCH3 is 1. The van der Waals surface area contributed by atoms with Crippen LogP contribution in [0, 0.1) is 0 Å². The van der Waals surface area contributed by atoms with Crippen LogP contribution in [0.25, 0.3) is 6.08 Å². The summed E-state index contributed by atoms with van der Waals surface area (Å²) in [5.74, 6) is -1.56. The Labute approximate surface area is 142 Å². The SMILES string of the molecule is CCOC(=O)COc1cc(C=C2C(=O)NC(=O)NC2=O)ccc1OC. The molecule has 132 valence electrons. The van der Waals surface area contributed by atoms with Crippen molar-refractivity contribution >= 4 is 29.9 Å². The molecule has 4 amide bonds. The molecule has 1 aromatic carbocycles. The largest absolute Gasteiger partial charge is 0.493 e.